The molecule has 0 atom stereocenters. The van der Waals surface area contributed by atoms with Gasteiger partial charge in [-0.3, -0.25) is 0 Å². The van der Waals surface area contributed by atoms with Gasteiger partial charge in [-0.25, -0.2) is 4.99 Å². The minimum atomic E-state index is 0.275. The third kappa shape index (κ3) is 5.49. The third-order valence-electron chi connectivity index (χ3n) is 3.59. The topological polar surface area (TPSA) is 56.7 Å². The number of nitrogens with zero attached hydrogens (tertiary/aromatic N) is 1. The Morgan fingerprint density at radius 2 is 1.88 bits per heavy atom. The van der Waals surface area contributed by atoms with Gasteiger partial charge in [-0.15, -0.1) is 11.8 Å². The molecule has 2 aromatic carbocycles. The van der Waals surface area contributed by atoms with Crippen LogP contribution in [0.25, 0.3) is 0 Å². The van der Waals surface area contributed by atoms with Crippen molar-refractivity contribution in [3.63, 3.8) is 0 Å². The molecule has 0 heterocycles. The summed E-state index contributed by atoms with van der Waals surface area (Å²) in [7, 11) is 0. The van der Waals surface area contributed by atoms with Gasteiger partial charge in [0.15, 0.2) is 5.96 Å². The van der Waals surface area contributed by atoms with Crippen LogP contribution in [0.3, 0.4) is 0 Å². The summed E-state index contributed by atoms with van der Waals surface area (Å²) >= 11 is 1.76. The maximum Gasteiger partial charge on any atom is 0.191 e. The van der Waals surface area contributed by atoms with E-state index in [1.807, 2.05) is 12.1 Å². The lowest BCUT2D eigenvalue weighted by molar-refractivity contribution is 0.475. The summed E-state index contributed by atoms with van der Waals surface area (Å²) in [4.78, 5) is 5.90. The van der Waals surface area contributed by atoms with E-state index in [0.29, 0.717) is 6.54 Å². The molecule has 0 bridgehead atoms. The van der Waals surface area contributed by atoms with E-state index in [0.717, 1.165) is 24.6 Å². The van der Waals surface area contributed by atoms with Gasteiger partial charge in [0.05, 0.1) is 6.54 Å². The van der Waals surface area contributed by atoms with Gasteiger partial charge >= 0.3 is 0 Å². The monoisotopic (exact) mass is 343 g/mol. The van der Waals surface area contributed by atoms with Crippen molar-refractivity contribution in [2.24, 2.45) is 4.99 Å². The molecule has 0 aliphatic heterocycles. The second kappa shape index (κ2) is 9.23. The van der Waals surface area contributed by atoms with Crippen LogP contribution in [0.15, 0.2) is 52.4 Å². The van der Waals surface area contributed by atoms with Gasteiger partial charge in [0.1, 0.15) is 5.75 Å². The van der Waals surface area contributed by atoms with Crippen LogP contribution in [0, 0.1) is 6.92 Å². The van der Waals surface area contributed by atoms with Gasteiger partial charge in [-0.05, 0) is 55.0 Å². The Balaban J connectivity index is 2.02. The van der Waals surface area contributed by atoms with Crippen molar-refractivity contribution in [3.8, 4) is 5.75 Å². The predicted octanol–water partition coefficient (Wildman–Crippen LogP) is 3.68. The van der Waals surface area contributed by atoms with Gasteiger partial charge in [-0.2, -0.15) is 0 Å². The molecule has 24 heavy (non-hydrogen) atoms. The van der Waals surface area contributed by atoms with Gasteiger partial charge in [0.2, 0.25) is 0 Å². The number of phenols is 1. The number of hydrogen-bond donors (Lipinski definition) is 3. The lowest BCUT2D eigenvalue weighted by Gasteiger charge is -2.14. The van der Waals surface area contributed by atoms with Crippen molar-refractivity contribution < 1.29 is 5.11 Å². The number of benzene rings is 2. The highest BCUT2D eigenvalue weighted by Gasteiger charge is 2.04. The molecule has 2 aromatic rings. The van der Waals surface area contributed by atoms with Crippen molar-refractivity contribution in [1.82, 2.24) is 10.6 Å². The van der Waals surface area contributed by atoms with Gasteiger partial charge in [0.25, 0.3) is 0 Å². The highest BCUT2D eigenvalue weighted by molar-refractivity contribution is 7.98. The van der Waals surface area contributed by atoms with E-state index < -0.39 is 0 Å². The van der Waals surface area contributed by atoms with Gasteiger partial charge in [-0.1, -0.05) is 24.3 Å². The maximum atomic E-state index is 9.33. The number of phenolic OH excluding ortho intramolecular Hbond substituents is 1. The van der Waals surface area contributed by atoms with Crippen LogP contribution in [0.1, 0.15) is 23.6 Å². The molecule has 0 saturated heterocycles. The molecule has 0 radical (unpaired) electrons. The first-order valence-electron chi connectivity index (χ1n) is 8.06. The first-order valence-corrected chi connectivity index (χ1v) is 9.28. The number of aromatic hydroxyl groups is 1. The zero-order valence-electron chi connectivity index (χ0n) is 14.5. The second-order valence-electron chi connectivity index (χ2n) is 5.53. The predicted molar refractivity (Wildman–Crippen MR) is 103 cm³/mol. The molecule has 0 aromatic heterocycles. The molecular formula is C19H25N3OS. The minimum absolute atomic E-state index is 0.275. The molecule has 0 aliphatic carbocycles. The van der Waals surface area contributed by atoms with Crippen LogP contribution in [0.2, 0.25) is 0 Å². The Morgan fingerprint density at radius 3 is 2.54 bits per heavy atom. The molecule has 128 valence electrons. The van der Waals surface area contributed by atoms with E-state index in [9.17, 15) is 5.11 Å². The summed E-state index contributed by atoms with van der Waals surface area (Å²) in [6.45, 7) is 6.28. The highest BCUT2D eigenvalue weighted by Crippen LogP contribution is 2.21. The number of rotatable bonds is 6. The summed E-state index contributed by atoms with van der Waals surface area (Å²) in [6, 6.07) is 13.6. The van der Waals surface area contributed by atoms with E-state index in [-0.39, 0.29) is 5.75 Å². The number of nitrogens with one attached hydrogen (secondary N) is 2. The first-order chi connectivity index (χ1) is 11.6. The molecular weight excluding hydrogens is 318 g/mol. The molecule has 0 aliphatic rings. The molecule has 3 N–H and O–H groups in total. The number of guanidine groups is 1. The summed E-state index contributed by atoms with van der Waals surface area (Å²) in [5.41, 5.74) is 3.60. The Morgan fingerprint density at radius 1 is 1.12 bits per heavy atom. The quantitative estimate of drug-likeness (QED) is 0.425. The van der Waals surface area contributed by atoms with Gasteiger partial charge in [0, 0.05) is 18.0 Å². The molecule has 4 nitrogen and oxygen atoms in total. The van der Waals surface area contributed by atoms with Crippen LogP contribution in [0.5, 0.6) is 5.75 Å². The van der Waals surface area contributed by atoms with E-state index in [4.69, 9.17) is 0 Å². The normalized spacial score (nSPS) is 11.4. The SMILES string of the molecule is CCNC(=NCc1ccc(O)cc1)NCc1ccc(C)cc1SC. The Kier molecular flexibility index (Phi) is 7.00. The summed E-state index contributed by atoms with van der Waals surface area (Å²) < 4.78 is 0. The fourth-order valence-electron chi connectivity index (χ4n) is 2.29. The summed E-state index contributed by atoms with van der Waals surface area (Å²) in [6.07, 6.45) is 2.10. The van der Waals surface area contributed by atoms with Crippen molar-refractivity contribution in [2.45, 2.75) is 31.8 Å². The van der Waals surface area contributed by atoms with E-state index in [1.54, 1.807) is 23.9 Å². The molecule has 0 fully saturated rings. The molecule has 0 spiro atoms. The van der Waals surface area contributed by atoms with Crippen molar-refractivity contribution in [3.05, 3.63) is 59.2 Å². The molecule has 5 heteroatoms. The minimum Gasteiger partial charge on any atom is -0.508 e. The van der Waals surface area contributed by atoms with E-state index >= 15 is 0 Å². The van der Waals surface area contributed by atoms with Crippen LogP contribution >= 0.6 is 11.8 Å². The summed E-state index contributed by atoms with van der Waals surface area (Å²) in [5.74, 6) is 1.06. The van der Waals surface area contributed by atoms with Crippen molar-refractivity contribution in [2.75, 3.05) is 12.8 Å². The van der Waals surface area contributed by atoms with Crippen LogP contribution in [-0.4, -0.2) is 23.9 Å². The zero-order chi connectivity index (χ0) is 17.4. The number of aryl methyl sites for hydroxylation is 1. The fourth-order valence-corrected chi connectivity index (χ4v) is 3.00. The zero-order valence-corrected chi connectivity index (χ0v) is 15.3. The smallest absolute Gasteiger partial charge is 0.191 e. The lowest BCUT2D eigenvalue weighted by atomic mass is 10.1. The Hall–Kier alpha value is -2.14. The van der Waals surface area contributed by atoms with Crippen LogP contribution < -0.4 is 10.6 Å². The standard InChI is InChI=1S/C19H25N3OS/c1-4-20-19(21-12-15-6-9-17(23)10-7-15)22-13-16-8-5-14(2)11-18(16)24-3/h5-11,23H,4,12-13H2,1-3H3,(H2,20,21,22). The highest BCUT2D eigenvalue weighted by atomic mass is 32.2. The fraction of sp³-hybridized carbons (Fsp3) is 0.316. The largest absolute Gasteiger partial charge is 0.508 e. The molecule has 2 rings (SSSR count). The van der Waals surface area contributed by atoms with Crippen LogP contribution in [0.4, 0.5) is 0 Å². The second-order valence-corrected chi connectivity index (χ2v) is 6.38. The average Bonchev–Trinajstić information content (AvgIpc) is 2.59. The number of aliphatic imine (C=N–C) groups is 1. The Bertz CT molecular complexity index is 684. The Labute approximate surface area is 148 Å². The number of hydrogen-bond acceptors (Lipinski definition) is 3. The van der Waals surface area contributed by atoms with Crippen molar-refractivity contribution in [1.29, 1.82) is 0 Å². The maximum absolute atomic E-state index is 9.33. The number of thioether (sulfide) groups is 1. The molecule has 0 unspecified atom stereocenters. The van der Waals surface area contributed by atoms with E-state index in [2.05, 4.69) is 53.9 Å². The van der Waals surface area contributed by atoms with Crippen LogP contribution in [-0.2, 0) is 13.1 Å². The summed E-state index contributed by atoms with van der Waals surface area (Å²) in [5, 5.41) is 16.0. The lowest BCUT2D eigenvalue weighted by Crippen LogP contribution is -2.36. The third-order valence-corrected chi connectivity index (χ3v) is 4.41. The van der Waals surface area contributed by atoms with Crippen molar-refractivity contribution >= 4 is 17.7 Å². The van der Waals surface area contributed by atoms with Gasteiger partial charge < -0.3 is 15.7 Å². The first kappa shape index (κ1) is 18.2. The van der Waals surface area contributed by atoms with E-state index in [1.165, 1.54) is 16.0 Å². The average molecular weight is 343 g/mol. The molecule has 0 amide bonds. The molecule has 0 saturated carbocycles.